The molecular formula is C14H25N5O. The van der Waals surface area contributed by atoms with Gasteiger partial charge in [0, 0.05) is 30.6 Å². The number of aliphatic hydroxyl groups excluding tert-OH is 1. The molecule has 2 unspecified atom stereocenters. The van der Waals surface area contributed by atoms with Crippen LogP contribution in [0.2, 0.25) is 0 Å². The van der Waals surface area contributed by atoms with Crippen molar-refractivity contribution in [2.24, 2.45) is 11.8 Å². The lowest BCUT2D eigenvalue weighted by Gasteiger charge is -2.31. The van der Waals surface area contributed by atoms with Gasteiger partial charge in [0.1, 0.15) is 17.5 Å². The van der Waals surface area contributed by atoms with E-state index in [9.17, 15) is 5.11 Å². The number of hydrazine groups is 1. The molecule has 0 radical (unpaired) electrons. The van der Waals surface area contributed by atoms with Gasteiger partial charge in [-0.2, -0.15) is 0 Å². The van der Waals surface area contributed by atoms with Crippen molar-refractivity contribution in [2.75, 3.05) is 17.3 Å². The normalized spacial score (nSPS) is 22.6. The molecule has 0 bridgehead atoms. The van der Waals surface area contributed by atoms with Gasteiger partial charge in [0.05, 0.1) is 0 Å². The fourth-order valence-electron chi connectivity index (χ4n) is 2.79. The number of hydrogen-bond donors (Lipinski definition) is 4. The van der Waals surface area contributed by atoms with E-state index in [-0.39, 0.29) is 12.6 Å². The fourth-order valence-corrected chi connectivity index (χ4v) is 2.79. The summed E-state index contributed by atoms with van der Waals surface area (Å²) < 4.78 is 0. The molecule has 1 heterocycles. The summed E-state index contributed by atoms with van der Waals surface area (Å²) in [7, 11) is 0. The third kappa shape index (κ3) is 3.19. The molecule has 1 saturated carbocycles. The van der Waals surface area contributed by atoms with Crippen molar-refractivity contribution in [1.82, 2.24) is 9.97 Å². The molecule has 1 aromatic heterocycles. The minimum Gasteiger partial charge on any atom is -0.396 e. The van der Waals surface area contributed by atoms with E-state index in [1.54, 1.807) is 0 Å². The smallest absolute Gasteiger partial charge is 0.148 e. The van der Waals surface area contributed by atoms with Gasteiger partial charge < -0.3 is 15.8 Å². The van der Waals surface area contributed by atoms with Gasteiger partial charge in [-0.1, -0.05) is 19.8 Å². The fraction of sp³-hybridized carbons (Fsp3) is 0.714. The number of hydrogen-bond acceptors (Lipinski definition) is 6. The van der Waals surface area contributed by atoms with Gasteiger partial charge in [-0.25, -0.2) is 15.8 Å². The number of rotatable bonds is 5. The number of aliphatic hydroxyl groups is 1. The van der Waals surface area contributed by atoms with E-state index in [0.29, 0.717) is 11.7 Å². The second kappa shape index (κ2) is 6.85. The molecule has 112 valence electrons. The van der Waals surface area contributed by atoms with Crippen LogP contribution in [0.3, 0.4) is 0 Å². The number of aromatic nitrogens is 2. The number of aryl methyl sites for hydroxylation is 1. The number of nitrogens with one attached hydrogen (secondary N) is 2. The molecular weight excluding hydrogens is 254 g/mol. The molecule has 2 atom stereocenters. The molecule has 1 aliphatic rings. The summed E-state index contributed by atoms with van der Waals surface area (Å²) in [6.07, 6.45) is 5.29. The highest BCUT2D eigenvalue weighted by Gasteiger charge is 2.25. The van der Waals surface area contributed by atoms with Gasteiger partial charge in [0.15, 0.2) is 0 Å². The standard InChI is InChI=1S/C14H25N5O/c1-3-12-17-13(9(2)14(18-12)19-15)16-11-7-5-4-6-10(11)8-20/h10-11,20H,3-8,15H2,1-2H3,(H2,16,17,18,19). The third-order valence-corrected chi connectivity index (χ3v) is 4.11. The van der Waals surface area contributed by atoms with Crippen molar-refractivity contribution >= 4 is 11.6 Å². The Balaban J connectivity index is 2.23. The minimum atomic E-state index is 0.227. The lowest BCUT2D eigenvalue weighted by atomic mass is 9.85. The average Bonchev–Trinajstić information content (AvgIpc) is 2.49. The van der Waals surface area contributed by atoms with Gasteiger partial charge in [0.2, 0.25) is 0 Å². The minimum absolute atomic E-state index is 0.227. The zero-order valence-electron chi connectivity index (χ0n) is 12.3. The van der Waals surface area contributed by atoms with Crippen LogP contribution in [0.15, 0.2) is 0 Å². The van der Waals surface area contributed by atoms with Crippen LogP contribution in [-0.2, 0) is 6.42 Å². The molecule has 0 amide bonds. The van der Waals surface area contributed by atoms with Crippen molar-refractivity contribution in [3.05, 3.63) is 11.4 Å². The van der Waals surface area contributed by atoms with Gasteiger partial charge in [-0.3, -0.25) is 0 Å². The summed E-state index contributed by atoms with van der Waals surface area (Å²) in [6, 6.07) is 0.276. The highest BCUT2D eigenvalue weighted by molar-refractivity contribution is 5.57. The van der Waals surface area contributed by atoms with Crippen LogP contribution in [0.1, 0.15) is 44.0 Å². The van der Waals surface area contributed by atoms with Crippen molar-refractivity contribution in [3.8, 4) is 0 Å². The number of nitrogen functional groups attached to an aromatic ring is 1. The van der Waals surface area contributed by atoms with Gasteiger partial charge in [-0.05, 0) is 19.8 Å². The maximum absolute atomic E-state index is 9.51. The molecule has 0 spiro atoms. The molecule has 1 aliphatic carbocycles. The summed E-state index contributed by atoms with van der Waals surface area (Å²) >= 11 is 0. The molecule has 6 nitrogen and oxygen atoms in total. The zero-order valence-corrected chi connectivity index (χ0v) is 12.3. The third-order valence-electron chi connectivity index (χ3n) is 4.11. The molecule has 0 aliphatic heterocycles. The van der Waals surface area contributed by atoms with Crippen LogP contribution >= 0.6 is 0 Å². The topological polar surface area (TPSA) is 96.1 Å². The summed E-state index contributed by atoms with van der Waals surface area (Å²) in [5, 5.41) is 13.0. The Morgan fingerprint density at radius 2 is 1.95 bits per heavy atom. The van der Waals surface area contributed by atoms with Crippen molar-refractivity contribution < 1.29 is 5.11 Å². The molecule has 1 fully saturated rings. The van der Waals surface area contributed by atoms with Gasteiger partial charge >= 0.3 is 0 Å². The first-order valence-electron chi connectivity index (χ1n) is 7.41. The Hall–Kier alpha value is -1.40. The largest absolute Gasteiger partial charge is 0.396 e. The maximum Gasteiger partial charge on any atom is 0.148 e. The second-order valence-corrected chi connectivity index (χ2v) is 5.44. The number of nitrogens with two attached hydrogens (primary N) is 1. The Kier molecular flexibility index (Phi) is 5.14. The average molecular weight is 279 g/mol. The first-order valence-corrected chi connectivity index (χ1v) is 7.41. The molecule has 5 N–H and O–H groups in total. The predicted octanol–water partition coefficient (Wildman–Crippen LogP) is 1.60. The van der Waals surface area contributed by atoms with E-state index in [2.05, 4.69) is 20.7 Å². The summed E-state index contributed by atoms with van der Waals surface area (Å²) in [5.74, 6) is 8.08. The van der Waals surface area contributed by atoms with E-state index in [1.807, 2.05) is 13.8 Å². The van der Waals surface area contributed by atoms with Crippen LogP contribution in [0.4, 0.5) is 11.6 Å². The Morgan fingerprint density at radius 3 is 2.60 bits per heavy atom. The molecule has 0 saturated heterocycles. The summed E-state index contributed by atoms with van der Waals surface area (Å²) in [5.41, 5.74) is 3.56. The maximum atomic E-state index is 9.51. The Labute approximate surface area is 120 Å². The number of anilines is 2. The van der Waals surface area contributed by atoms with E-state index < -0.39 is 0 Å². The van der Waals surface area contributed by atoms with Crippen LogP contribution in [-0.4, -0.2) is 27.7 Å². The SMILES string of the molecule is CCc1nc(NN)c(C)c(NC2CCCCC2CO)n1. The van der Waals surface area contributed by atoms with Crippen molar-refractivity contribution in [3.63, 3.8) is 0 Å². The molecule has 0 aromatic carbocycles. The van der Waals surface area contributed by atoms with E-state index >= 15 is 0 Å². The monoisotopic (exact) mass is 279 g/mol. The Bertz CT molecular complexity index is 451. The van der Waals surface area contributed by atoms with Crippen LogP contribution < -0.4 is 16.6 Å². The molecule has 6 heteroatoms. The second-order valence-electron chi connectivity index (χ2n) is 5.44. The summed E-state index contributed by atoms with van der Waals surface area (Å²) in [4.78, 5) is 8.93. The summed E-state index contributed by atoms with van der Waals surface area (Å²) in [6.45, 7) is 4.20. The zero-order chi connectivity index (χ0) is 14.5. The van der Waals surface area contributed by atoms with Crippen molar-refractivity contribution in [2.45, 2.75) is 52.0 Å². The number of nitrogens with zero attached hydrogens (tertiary/aromatic N) is 2. The predicted molar refractivity (Wildman–Crippen MR) is 80.4 cm³/mol. The molecule has 20 heavy (non-hydrogen) atoms. The van der Waals surface area contributed by atoms with Gasteiger partial charge in [-0.15, -0.1) is 0 Å². The quantitative estimate of drug-likeness (QED) is 0.483. The first-order chi connectivity index (χ1) is 9.69. The van der Waals surface area contributed by atoms with Crippen LogP contribution in [0.5, 0.6) is 0 Å². The highest BCUT2D eigenvalue weighted by Crippen LogP contribution is 2.28. The van der Waals surface area contributed by atoms with Crippen LogP contribution in [0, 0.1) is 12.8 Å². The molecule has 2 rings (SSSR count). The van der Waals surface area contributed by atoms with Gasteiger partial charge in [0.25, 0.3) is 0 Å². The van der Waals surface area contributed by atoms with E-state index in [0.717, 1.165) is 36.5 Å². The van der Waals surface area contributed by atoms with Crippen molar-refractivity contribution in [1.29, 1.82) is 0 Å². The highest BCUT2D eigenvalue weighted by atomic mass is 16.3. The Morgan fingerprint density at radius 1 is 1.25 bits per heavy atom. The van der Waals surface area contributed by atoms with E-state index in [1.165, 1.54) is 12.8 Å². The first kappa shape index (κ1) is 15.0. The molecule has 1 aromatic rings. The lowest BCUT2D eigenvalue weighted by molar-refractivity contribution is 0.178. The van der Waals surface area contributed by atoms with E-state index in [4.69, 9.17) is 5.84 Å². The lowest BCUT2D eigenvalue weighted by Crippen LogP contribution is -2.35. The van der Waals surface area contributed by atoms with Crippen LogP contribution in [0.25, 0.3) is 0 Å².